The molecule has 1 unspecified atom stereocenters. The van der Waals surface area contributed by atoms with Gasteiger partial charge in [0.25, 0.3) is 5.91 Å². The van der Waals surface area contributed by atoms with Crippen LogP contribution in [0.1, 0.15) is 21.5 Å². The smallest absolute Gasteiger partial charge is 0.323 e. The number of carbonyl (C=O) groups excluding carboxylic acids is 1. The van der Waals surface area contributed by atoms with Gasteiger partial charge in [0.2, 0.25) is 10.0 Å². The van der Waals surface area contributed by atoms with Gasteiger partial charge in [0.1, 0.15) is 11.8 Å². The van der Waals surface area contributed by atoms with Gasteiger partial charge in [0.15, 0.2) is 0 Å². The Kier molecular flexibility index (Phi) is 6.41. The normalized spacial score (nSPS) is 16.4. The summed E-state index contributed by atoms with van der Waals surface area (Å²) in [5, 5.41) is 10.1. The third kappa shape index (κ3) is 4.27. The van der Waals surface area contributed by atoms with Gasteiger partial charge in [-0.15, -0.1) is 0 Å². The lowest BCUT2D eigenvalue weighted by Crippen LogP contribution is -2.50. The van der Waals surface area contributed by atoms with Crippen molar-refractivity contribution in [3.63, 3.8) is 0 Å². The molecule has 1 amide bonds. The van der Waals surface area contributed by atoms with Gasteiger partial charge in [-0.2, -0.15) is 4.31 Å². The molecule has 0 bridgehead atoms. The Morgan fingerprint density at radius 3 is 2.26 bits per heavy atom. The van der Waals surface area contributed by atoms with Crippen LogP contribution >= 0.6 is 0 Å². The molecular formula is C25H24N2O6S. The van der Waals surface area contributed by atoms with Gasteiger partial charge < -0.3 is 14.7 Å². The fourth-order valence-corrected chi connectivity index (χ4v) is 5.59. The summed E-state index contributed by atoms with van der Waals surface area (Å²) in [5.74, 6) is -1.25. The number of aryl methyl sites for hydroxylation is 1. The van der Waals surface area contributed by atoms with Crippen LogP contribution in [0.4, 0.5) is 5.69 Å². The number of carboxylic acid groups (broad SMARTS) is 1. The first-order valence-corrected chi connectivity index (χ1v) is 12.0. The van der Waals surface area contributed by atoms with Crippen molar-refractivity contribution in [2.24, 2.45) is 0 Å². The summed E-state index contributed by atoms with van der Waals surface area (Å²) in [7, 11) is -2.74. The quantitative estimate of drug-likeness (QED) is 0.601. The molecule has 0 aromatic heterocycles. The number of hydrogen-bond donors (Lipinski definition) is 1. The summed E-state index contributed by atoms with van der Waals surface area (Å²) in [5.41, 5.74) is 2.18. The van der Waals surface area contributed by atoms with Crippen molar-refractivity contribution in [2.45, 2.75) is 24.4 Å². The highest BCUT2D eigenvalue weighted by molar-refractivity contribution is 7.89. The third-order valence-corrected chi connectivity index (χ3v) is 7.75. The third-order valence-electron chi connectivity index (χ3n) is 5.88. The Morgan fingerprint density at radius 2 is 1.62 bits per heavy atom. The van der Waals surface area contributed by atoms with Crippen molar-refractivity contribution in [3.05, 3.63) is 89.5 Å². The van der Waals surface area contributed by atoms with E-state index in [1.165, 1.54) is 36.3 Å². The molecule has 1 atom stereocenters. The number of rotatable bonds is 5. The number of nitrogens with zero attached hydrogens (tertiary/aromatic N) is 2. The minimum Gasteiger partial charge on any atom is -0.497 e. The Bertz CT molecular complexity index is 1340. The van der Waals surface area contributed by atoms with Crippen LogP contribution in [0.2, 0.25) is 0 Å². The highest BCUT2D eigenvalue weighted by atomic mass is 32.2. The van der Waals surface area contributed by atoms with Gasteiger partial charge in [-0.1, -0.05) is 36.4 Å². The van der Waals surface area contributed by atoms with Gasteiger partial charge in [-0.25, -0.2) is 8.42 Å². The Morgan fingerprint density at radius 1 is 0.971 bits per heavy atom. The van der Waals surface area contributed by atoms with Crippen LogP contribution in [0, 0.1) is 6.92 Å². The highest BCUT2D eigenvalue weighted by Crippen LogP contribution is 2.32. The topological polar surface area (TPSA) is 104 Å². The average molecular weight is 481 g/mol. The van der Waals surface area contributed by atoms with E-state index in [1.807, 2.05) is 6.07 Å². The average Bonchev–Trinajstić information content (AvgIpc) is 3.02. The number of amides is 1. The first-order valence-electron chi connectivity index (χ1n) is 10.6. The standard InChI is InChI=1S/C25H24N2O6S/c1-17-7-3-5-9-21(17)24(28)26-16-23(25(29)30)27(15-18-8-4-6-10-22(18)26)34(31,32)20-13-11-19(33-2)12-14-20/h3-14,23H,15-16H2,1-2H3,(H,29,30). The first-order chi connectivity index (χ1) is 16.2. The molecule has 1 N–H and O–H groups in total. The van der Waals surface area contributed by atoms with Crippen LogP contribution in [-0.2, 0) is 21.4 Å². The predicted octanol–water partition coefficient (Wildman–Crippen LogP) is 3.31. The lowest BCUT2D eigenvalue weighted by atomic mass is 10.1. The lowest BCUT2D eigenvalue weighted by Gasteiger charge is -2.28. The zero-order valence-electron chi connectivity index (χ0n) is 18.7. The minimum atomic E-state index is -4.21. The number of hydrogen-bond acceptors (Lipinski definition) is 5. The number of anilines is 1. The fraction of sp³-hybridized carbons (Fsp3) is 0.200. The van der Waals surface area contributed by atoms with Gasteiger partial charge >= 0.3 is 5.97 Å². The van der Waals surface area contributed by atoms with Crippen molar-refractivity contribution in [1.82, 2.24) is 4.31 Å². The maximum Gasteiger partial charge on any atom is 0.323 e. The molecule has 176 valence electrons. The molecule has 0 saturated carbocycles. The van der Waals surface area contributed by atoms with Gasteiger partial charge in [0, 0.05) is 17.8 Å². The summed E-state index contributed by atoms with van der Waals surface area (Å²) >= 11 is 0. The highest BCUT2D eigenvalue weighted by Gasteiger charge is 2.41. The molecule has 1 aliphatic rings. The molecular weight excluding hydrogens is 456 g/mol. The number of carboxylic acids is 1. The monoisotopic (exact) mass is 480 g/mol. The molecule has 9 heteroatoms. The van der Waals surface area contributed by atoms with E-state index in [1.54, 1.807) is 49.4 Å². The molecule has 0 radical (unpaired) electrons. The minimum absolute atomic E-state index is 0.0595. The maximum atomic E-state index is 13.6. The lowest BCUT2D eigenvalue weighted by molar-refractivity contribution is -0.141. The zero-order chi connectivity index (χ0) is 24.5. The number of sulfonamides is 1. The Balaban J connectivity index is 1.82. The summed E-state index contributed by atoms with van der Waals surface area (Å²) < 4.78 is 33.2. The number of benzene rings is 3. The van der Waals surface area contributed by atoms with Crippen LogP contribution in [0.15, 0.2) is 77.7 Å². The van der Waals surface area contributed by atoms with Crippen LogP contribution in [0.25, 0.3) is 0 Å². The second-order valence-corrected chi connectivity index (χ2v) is 9.83. The van der Waals surface area contributed by atoms with E-state index < -0.39 is 22.0 Å². The van der Waals surface area contributed by atoms with E-state index in [-0.39, 0.29) is 23.9 Å². The summed E-state index contributed by atoms with van der Waals surface area (Å²) in [4.78, 5) is 27.2. The molecule has 1 aliphatic heterocycles. The molecule has 0 spiro atoms. The van der Waals surface area contributed by atoms with Crippen LogP contribution in [0.3, 0.4) is 0 Å². The first kappa shape index (κ1) is 23.5. The van der Waals surface area contributed by atoms with E-state index in [4.69, 9.17) is 4.74 Å². The van der Waals surface area contributed by atoms with Crippen molar-refractivity contribution >= 4 is 27.6 Å². The van der Waals surface area contributed by atoms with E-state index in [9.17, 15) is 23.1 Å². The number of para-hydroxylation sites is 1. The van der Waals surface area contributed by atoms with E-state index in [2.05, 4.69) is 0 Å². The number of aliphatic carboxylic acids is 1. The molecule has 3 aromatic rings. The Hall–Kier alpha value is -3.69. The number of carbonyl (C=O) groups is 2. The zero-order valence-corrected chi connectivity index (χ0v) is 19.5. The van der Waals surface area contributed by atoms with Gasteiger partial charge in [0.05, 0.1) is 18.6 Å². The number of fused-ring (bicyclic) bond motifs is 1. The Labute approximate surface area is 198 Å². The van der Waals surface area contributed by atoms with E-state index in [0.29, 0.717) is 22.6 Å². The van der Waals surface area contributed by atoms with Crippen LogP contribution < -0.4 is 9.64 Å². The molecule has 1 heterocycles. The van der Waals surface area contributed by atoms with Crippen LogP contribution in [0.5, 0.6) is 5.75 Å². The molecule has 3 aromatic carbocycles. The van der Waals surface area contributed by atoms with E-state index >= 15 is 0 Å². The second kappa shape index (κ2) is 9.28. The van der Waals surface area contributed by atoms with Crippen molar-refractivity contribution < 1.29 is 27.9 Å². The van der Waals surface area contributed by atoms with Gasteiger partial charge in [-0.05, 0) is 54.4 Å². The summed E-state index contributed by atoms with van der Waals surface area (Å²) in [6, 6.07) is 18.2. The summed E-state index contributed by atoms with van der Waals surface area (Å²) in [6.07, 6.45) is 0. The molecule has 4 rings (SSSR count). The second-order valence-electron chi connectivity index (χ2n) is 7.94. The maximum absolute atomic E-state index is 13.6. The predicted molar refractivity (Wildman–Crippen MR) is 126 cm³/mol. The molecule has 0 aliphatic carbocycles. The largest absolute Gasteiger partial charge is 0.497 e. The van der Waals surface area contributed by atoms with Gasteiger partial charge in [-0.3, -0.25) is 9.59 Å². The van der Waals surface area contributed by atoms with Crippen molar-refractivity contribution in [2.75, 3.05) is 18.6 Å². The van der Waals surface area contributed by atoms with E-state index in [0.717, 1.165) is 9.87 Å². The van der Waals surface area contributed by atoms with Crippen molar-refractivity contribution in [3.8, 4) is 5.75 Å². The molecule has 8 nitrogen and oxygen atoms in total. The molecule has 34 heavy (non-hydrogen) atoms. The van der Waals surface area contributed by atoms with Crippen molar-refractivity contribution in [1.29, 1.82) is 0 Å². The summed E-state index contributed by atoms with van der Waals surface area (Å²) in [6.45, 7) is 1.26. The molecule has 0 fully saturated rings. The number of ether oxygens (including phenoxy) is 1. The van der Waals surface area contributed by atoms with Crippen LogP contribution in [-0.4, -0.2) is 49.4 Å². The SMILES string of the molecule is COc1ccc(S(=O)(=O)N2Cc3ccccc3N(C(=O)c3ccccc3C)CC2C(=O)O)cc1. The number of methoxy groups -OCH3 is 1. The fourth-order valence-electron chi connectivity index (χ4n) is 4.04. The molecule has 0 saturated heterocycles.